The molecule has 1 amide bonds. The number of rotatable bonds is 4. The Morgan fingerprint density at radius 3 is 2.58 bits per heavy atom. The summed E-state index contributed by atoms with van der Waals surface area (Å²) in [7, 11) is -2.93. The van der Waals surface area contributed by atoms with Gasteiger partial charge >= 0.3 is 0 Å². The minimum absolute atomic E-state index is 0.0293. The molecule has 108 valence electrons. The van der Waals surface area contributed by atoms with Gasteiger partial charge in [-0.2, -0.15) is 0 Å². The third-order valence-electron chi connectivity index (χ3n) is 4.12. The maximum atomic E-state index is 12.1. The lowest BCUT2D eigenvalue weighted by Crippen LogP contribution is -2.54. The molecule has 0 radical (unpaired) electrons. The largest absolute Gasteiger partial charge is 0.409 e. The van der Waals surface area contributed by atoms with Crippen LogP contribution in [0, 0.1) is 11.3 Å². The standard InChI is InChI=1S/C11H19N3O4S/c12-9(14-16)11(3-1-4-11)10(15)13-6-8-2-5-19(17,18)7-8/h8,16H,1-7H2,(H2,12,14)(H,13,15). The maximum Gasteiger partial charge on any atom is 0.233 e. The van der Waals surface area contributed by atoms with E-state index >= 15 is 0 Å². The highest BCUT2D eigenvalue weighted by Crippen LogP contribution is 2.41. The van der Waals surface area contributed by atoms with Gasteiger partial charge in [-0.05, 0) is 25.2 Å². The molecule has 2 fully saturated rings. The van der Waals surface area contributed by atoms with Crippen molar-refractivity contribution in [1.29, 1.82) is 0 Å². The van der Waals surface area contributed by atoms with Crippen LogP contribution in [0.25, 0.3) is 0 Å². The van der Waals surface area contributed by atoms with E-state index in [1.165, 1.54) is 0 Å². The van der Waals surface area contributed by atoms with Gasteiger partial charge in [0.05, 0.1) is 11.5 Å². The van der Waals surface area contributed by atoms with Gasteiger partial charge in [-0.1, -0.05) is 11.6 Å². The lowest BCUT2D eigenvalue weighted by atomic mass is 9.67. The number of amidine groups is 1. The van der Waals surface area contributed by atoms with Gasteiger partial charge in [0.15, 0.2) is 15.7 Å². The summed E-state index contributed by atoms with van der Waals surface area (Å²) in [6.45, 7) is 0.332. The summed E-state index contributed by atoms with van der Waals surface area (Å²) >= 11 is 0. The molecule has 1 heterocycles. The maximum absolute atomic E-state index is 12.1. The molecule has 8 heteroatoms. The zero-order valence-electron chi connectivity index (χ0n) is 10.6. The number of carbonyl (C=O) groups excluding carboxylic acids is 1. The molecule has 7 nitrogen and oxygen atoms in total. The summed E-state index contributed by atoms with van der Waals surface area (Å²) in [6, 6.07) is 0. The second-order valence-corrected chi connectivity index (χ2v) is 7.63. The van der Waals surface area contributed by atoms with Gasteiger partial charge < -0.3 is 16.3 Å². The van der Waals surface area contributed by atoms with E-state index in [4.69, 9.17) is 10.9 Å². The average Bonchev–Trinajstić information content (AvgIpc) is 2.64. The minimum Gasteiger partial charge on any atom is -0.409 e. The van der Waals surface area contributed by atoms with E-state index in [0.717, 1.165) is 6.42 Å². The van der Waals surface area contributed by atoms with E-state index in [1.807, 2.05) is 0 Å². The minimum atomic E-state index is -2.93. The van der Waals surface area contributed by atoms with Crippen LogP contribution in [-0.2, 0) is 14.6 Å². The van der Waals surface area contributed by atoms with Gasteiger partial charge in [0.1, 0.15) is 5.41 Å². The molecule has 1 atom stereocenters. The Morgan fingerprint density at radius 1 is 1.47 bits per heavy atom. The summed E-state index contributed by atoms with van der Waals surface area (Å²) in [6.07, 6.45) is 2.58. The van der Waals surface area contributed by atoms with Crippen molar-refractivity contribution >= 4 is 21.6 Å². The highest BCUT2D eigenvalue weighted by Gasteiger charge is 2.48. The Kier molecular flexibility index (Phi) is 3.71. The monoisotopic (exact) mass is 289 g/mol. The predicted molar refractivity (Wildman–Crippen MR) is 69.5 cm³/mol. The van der Waals surface area contributed by atoms with E-state index in [9.17, 15) is 13.2 Å². The number of carbonyl (C=O) groups is 1. The van der Waals surface area contributed by atoms with Crippen molar-refractivity contribution in [3.05, 3.63) is 0 Å². The lowest BCUT2D eigenvalue weighted by molar-refractivity contribution is -0.131. The molecule has 2 aliphatic rings. The average molecular weight is 289 g/mol. The molecule has 0 aromatic rings. The first-order valence-corrected chi connectivity index (χ1v) is 8.18. The number of nitrogens with two attached hydrogens (primary N) is 1. The van der Waals surface area contributed by atoms with Crippen LogP contribution in [0.3, 0.4) is 0 Å². The number of oxime groups is 1. The van der Waals surface area contributed by atoms with Gasteiger partial charge in [0.25, 0.3) is 0 Å². The van der Waals surface area contributed by atoms with Crippen LogP contribution < -0.4 is 11.1 Å². The highest BCUT2D eigenvalue weighted by atomic mass is 32.2. The van der Waals surface area contributed by atoms with Crippen LogP contribution in [0.2, 0.25) is 0 Å². The summed E-state index contributed by atoms with van der Waals surface area (Å²) in [5.41, 5.74) is 4.69. The van der Waals surface area contributed by atoms with E-state index in [2.05, 4.69) is 10.5 Å². The normalized spacial score (nSPS) is 28.6. The SMILES string of the molecule is NC(=NO)C1(C(=O)NCC2CCS(=O)(=O)C2)CCC1. The van der Waals surface area contributed by atoms with E-state index in [1.54, 1.807) is 0 Å². The van der Waals surface area contributed by atoms with Crippen molar-refractivity contribution in [2.75, 3.05) is 18.1 Å². The zero-order chi connectivity index (χ0) is 14.1. The first kappa shape index (κ1) is 14.1. The first-order chi connectivity index (χ1) is 8.89. The molecule has 0 spiro atoms. The Hall–Kier alpha value is -1.31. The molecule has 0 aromatic heterocycles. The van der Waals surface area contributed by atoms with E-state index < -0.39 is 15.3 Å². The fourth-order valence-electron chi connectivity index (χ4n) is 2.66. The van der Waals surface area contributed by atoms with Gasteiger partial charge in [-0.15, -0.1) is 0 Å². The molecule has 1 aliphatic heterocycles. The molecular weight excluding hydrogens is 270 g/mol. The van der Waals surface area contributed by atoms with Crippen LogP contribution in [0.15, 0.2) is 5.16 Å². The van der Waals surface area contributed by atoms with Crippen molar-refractivity contribution in [2.45, 2.75) is 25.7 Å². The molecule has 0 aromatic carbocycles. The molecule has 1 saturated heterocycles. The zero-order valence-corrected chi connectivity index (χ0v) is 11.4. The van der Waals surface area contributed by atoms with Crippen LogP contribution in [0.1, 0.15) is 25.7 Å². The Bertz CT molecular complexity index is 496. The predicted octanol–water partition coefficient (Wildman–Crippen LogP) is -0.546. The van der Waals surface area contributed by atoms with Crippen LogP contribution >= 0.6 is 0 Å². The van der Waals surface area contributed by atoms with Gasteiger partial charge in [-0.3, -0.25) is 4.79 Å². The number of sulfone groups is 1. The first-order valence-electron chi connectivity index (χ1n) is 6.36. The van der Waals surface area contributed by atoms with Crippen LogP contribution in [0.4, 0.5) is 0 Å². The fourth-order valence-corrected chi connectivity index (χ4v) is 4.53. The molecule has 1 unspecified atom stereocenters. The molecule has 1 aliphatic carbocycles. The van der Waals surface area contributed by atoms with Gasteiger partial charge in [0.2, 0.25) is 5.91 Å². The van der Waals surface area contributed by atoms with Gasteiger partial charge in [0, 0.05) is 6.54 Å². The summed E-state index contributed by atoms with van der Waals surface area (Å²) < 4.78 is 22.6. The van der Waals surface area contributed by atoms with Crippen LogP contribution in [0.5, 0.6) is 0 Å². The Balaban J connectivity index is 1.91. The topological polar surface area (TPSA) is 122 Å². The number of amides is 1. The third kappa shape index (κ3) is 2.68. The summed E-state index contributed by atoms with van der Waals surface area (Å²) in [5.74, 6) is -0.0324. The smallest absolute Gasteiger partial charge is 0.233 e. The van der Waals surface area contributed by atoms with E-state index in [0.29, 0.717) is 25.8 Å². The van der Waals surface area contributed by atoms with E-state index in [-0.39, 0.29) is 29.2 Å². The molecule has 4 N–H and O–H groups in total. The van der Waals surface area contributed by atoms with Gasteiger partial charge in [-0.25, -0.2) is 8.42 Å². The van der Waals surface area contributed by atoms with Crippen molar-refractivity contribution < 1.29 is 18.4 Å². The third-order valence-corrected chi connectivity index (χ3v) is 5.95. The Labute approximate surface area is 112 Å². The summed E-state index contributed by atoms with van der Waals surface area (Å²) in [4.78, 5) is 12.1. The second-order valence-electron chi connectivity index (χ2n) is 5.40. The van der Waals surface area contributed by atoms with Crippen molar-refractivity contribution in [1.82, 2.24) is 5.32 Å². The Morgan fingerprint density at radius 2 is 2.16 bits per heavy atom. The molecular formula is C11H19N3O4S. The number of hydrogen-bond acceptors (Lipinski definition) is 5. The molecule has 2 rings (SSSR count). The lowest BCUT2D eigenvalue weighted by Gasteiger charge is -2.38. The summed E-state index contributed by atoms with van der Waals surface area (Å²) in [5, 5.41) is 14.4. The number of nitrogens with zero attached hydrogens (tertiary/aromatic N) is 1. The van der Waals surface area contributed by atoms with Crippen molar-refractivity contribution in [3.8, 4) is 0 Å². The fraction of sp³-hybridized carbons (Fsp3) is 0.818. The highest BCUT2D eigenvalue weighted by molar-refractivity contribution is 7.91. The van der Waals surface area contributed by atoms with Crippen molar-refractivity contribution in [2.24, 2.45) is 22.2 Å². The molecule has 1 saturated carbocycles. The number of nitrogens with one attached hydrogen (secondary N) is 1. The quantitative estimate of drug-likeness (QED) is 0.277. The molecule has 0 bridgehead atoms. The number of hydrogen-bond donors (Lipinski definition) is 3. The van der Waals surface area contributed by atoms with Crippen molar-refractivity contribution in [3.63, 3.8) is 0 Å². The molecule has 19 heavy (non-hydrogen) atoms. The second kappa shape index (κ2) is 4.99. The van der Waals surface area contributed by atoms with Crippen LogP contribution in [-0.4, -0.2) is 43.4 Å².